The van der Waals surface area contributed by atoms with E-state index in [1.807, 2.05) is 18.3 Å². The van der Waals surface area contributed by atoms with Crippen molar-refractivity contribution in [2.75, 3.05) is 26.2 Å². The number of hydrogen-bond donors (Lipinski definition) is 2. The Balaban J connectivity index is 1.26. The average molecular weight is 551 g/mol. The molecule has 5 heterocycles. The molecule has 6 rings (SSSR count). The zero-order valence-corrected chi connectivity index (χ0v) is 22.3. The second-order valence-electron chi connectivity index (χ2n) is 10.8. The SMILES string of the molecule is C=NCc1ncc2[nH]c3ncc(-c4ccc(CN5CCC(C(F)(F)F)CC5)cc4)cc3c2c1OC1CCNCC1. The van der Waals surface area contributed by atoms with E-state index in [1.54, 1.807) is 6.20 Å². The lowest BCUT2D eigenvalue weighted by Crippen LogP contribution is -2.38. The van der Waals surface area contributed by atoms with Gasteiger partial charge < -0.3 is 15.0 Å². The topological polar surface area (TPSA) is 78.4 Å². The molecule has 210 valence electrons. The second kappa shape index (κ2) is 11.2. The van der Waals surface area contributed by atoms with Crippen LogP contribution in [0.15, 0.2) is 47.7 Å². The summed E-state index contributed by atoms with van der Waals surface area (Å²) in [6.07, 6.45) is 1.86. The molecule has 10 heteroatoms. The summed E-state index contributed by atoms with van der Waals surface area (Å²) in [6, 6.07) is 10.3. The van der Waals surface area contributed by atoms with Crippen LogP contribution in [0.5, 0.6) is 5.75 Å². The summed E-state index contributed by atoms with van der Waals surface area (Å²) in [4.78, 5) is 18.9. The van der Waals surface area contributed by atoms with E-state index in [2.05, 4.69) is 50.1 Å². The quantitative estimate of drug-likeness (QED) is 0.281. The first kappa shape index (κ1) is 26.7. The van der Waals surface area contributed by atoms with Gasteiger partial charge in [0.1, 0.15) is 17.4 Å². The second-order valence-corrected chi connectivity index (χ2v) is 10.8. The molecule has 0 radical (unpaired) electrons. The first-order valence-corrected chi connectivity index (χ1v) is 13.9. The molecule has 0 unspecified atom stereocenters. The number of alkyl halides is 3. The van der Waals surface area contributed by atoms with Crippen molar-refractivity contribution in [3.8, 4) is 16.9 Å². The first-order valence-electron chi connectivity index (χ1n) is 13.9. The molecule has 40 heavy (non-hydrogen) atoms. The highest BCUT2D eigenvalue weighted by molar-refractivity contribution is 6.10. The minimum absolute atomic E-state index is 0.102. The minimum Gasteiger partial charge on any atom is -0.488 e. The van der Waals surface area contributed by atoms with Crippen LogP contribution < -0.4 is 10.1 Å². The van der Waals surface area contributed by atoms with Gasteiger partial charge in [0.2, 0.25) is 0 Å². The molecule has 2 aliphatic rings. The van der Waals surface area contributed by atoms with E-state index in [4.69, 9.17) is 9.72 Å². The fourth-order valence-corrected chi connectivity index (χ4v) is 5.84. The maximum Gasteiger partial charge on any atom is 0.391 e. The number of hydrogen-bond acceptors (Lipinski definition) is 6. The van der Waals surface area contributed by atoms with Crippen LogP contribution >= 0.6 is 0 Å². The number of likely N-dealkylation sites (tertiary alicyclic amines) is 1. The summed E-state index contributed by atoms with van der Waals surface area (Å²) in [6.45, 7) is 7.45. The molecule has 0 saturated carbocycles. The Kier molecular flexibility index (Phi) is 7.46. The summed E-state index contributed by atoms with van der Waals surface area (Å²) in [7, 11) is 0. The van der Waals surface area contributed by atoms with Crippen molar-refractivity contribution in [2.24, 2.45) is 10.9 Å². The van der Waals surface area contributed by atoms with E-state index in [1.165, 1.54) is 0 Å². The minimum atomic E-state index is -4.09. The van der Waals surface area contributed by atoms with Crippen molar-refractivity contribution >= 4 is 28.7 Å². The molecular weight excluding hydrogens is 517 g/mol. The molecule has 2 N–H and O–H groups in total. The summed E-state index contributed by atoms with van der Waals surface area (Å²) in [5.74, 6) is -0.435. The lowest BCUT2D eigenvalue weighted by molar-refractivity contribution is -0.185. The molecule has 0 bridgehead atoms. The van der Waals surface area contributed by atoms with Crippen molar-refractivity contribution in [3.05, 3.63) is 54.0 Å². The highest BCUT2D eigenvalue weighted by Gasteiger charge is 2.40. The number of rotatable bonds is 7. The number of pyridine rings is 2. The van der Waals surface area contributed by atoms with Crippen LogP contribution in [0.2, 0.25) is 0 Å². The van der Waals surface area contributed by atoms with Gasteiger partial charge in [-0.05, 0) is 75.8 Å². The maximum absolute atomic E-state index is 13.0. The third-order valence-electron chi connectivity index (χ3n) is 8.09. The smallest absolute Gasteiger partial charge is 0.391 e. The number of H-pyrrole nitrogens is 1. The van der Waals surface area contributed by atoms with Gasteiger partial charge in [-0.3, -0.25) is 14.9 Å². The Bertz CT molecular complexity index is 1490. The number of fused-ring (bicyclic) bond motifs is 3. The van der Waals surface area contributed by atoms with E-state index in [0.717, 1.165) is 76.0 Å². The summed E-state index contributed by atoms with van der Waals surface area (Å²) < 4.78 is 45.6. The van der Waals surface area contributed by atoms with Gasteiger partial charge >= 0.3 is 6.18 Å². The molecule has 2 fully saturated rings. The Hall–Kier alpha value is -3.50. The fraction of sp³-hybridized carbons (Fsp3) is 0.433. The Morgan fingerprint density at radius 3 is 2.45 bits per heavy atom. The summed E-state index contributed by atoms with van der Waals surface area (Å²) in [5, 5.41) is 5.29. The molecule has 2 aliphatic heterocycles. The third-order valence-corrected chi connectivity index (χ3v) is 8.09. The number of benzene rings is 1. The van der Waals surface area contributed by atoms with Gasteiger partial charge in [0.05, 0.1) is 29.6 Å². The van der Waals surface area contributed by atoms with Gasteiger partial charge in [-0.2, -0.15) is 13.2 Å². The van der Waals surface area contributed by atoms with Crippen molar-refractivity contribution in [2.45, 2.75) is 51.1 Å². The predicted octanol–water partition coefficient (Wildman–Crippen LogP) is 5.88. The van der Waals surface area contributed by atoms with E-state index in [-0.39, 0.29) is 18.9 Å². The molecule has 0 amide bonds. The molecule has 0 spiro atoms. The largest absolute Gasteiger partial charge is 0.488 e. The summed E-state index contributed by atoms with van der Waals surface area (Å²) >= 11 is 0. The molecular formula is C30H33F3N6O. The summed E-state index contributed by atoms with van der Waals surface area (Å²) in [5.41, 5.74) is 5.46. The number of halogens is 3. The van der Waals surface area contributed by atoms with Crippen LogP contribution in [-0.4, -0.2) is 65.0 Å². The monoisotopic (exact) mass is 550 g/mol. The number of ether oxygens (including phenoxy) is 1. The normalized spacial score (nSPS) is 18.0. The molecule has 1 aromatic carbocycles. The lowest BCUT2D eigenvalue weighted by Gasteiger charge is -2.32. The van der Waals surface area contributed by atoms with E-state index in [0.29, 0.717) is 26.2 Å². The number of nitrogens with one attached hydrogen (secondary N) is 2. The van der Waals surface area contributed by atoms with Gasteiger partial charge in [0.25, 0.3) is 0 Å². The van der Waals surface area contributed by atoms with Crippen LogP contribution in [0.25, 0.3) is 33.1 Å². The molecule has 7 nitrogen and oxygen atoms in total. The standard InChI is InChI=1S/C30H33F3N6O/c1-34-16-26-28(40-23-6-10-35-11-7-23)27-24-14-21(15-37-29(24)38-25(27)17-36-26)20-4-2-19(3-5-20)18-39-12-8-22(9-13-39)30(31,32)33/h2-5,14-15,17,22-23,35H,1,6-13,16,18H2,(H,37,38). The molecule has 0 atom stereocenters. The van der Waals surface area contributed by atoms with Crippen LogP contribution in [-0.2, 0) is 13.1 Å². The van der Waals surface area contributed by atoms with Crippen molar-refractivity contribution in [1.82, 2.24) is 25.2 Å². The number of aliphatic imine (C=N–C) groups is 1. The predicted molar refractivity (Wildman–Crippen MR) is 151 cm³/mol. The van der Waals surface area contributed by atoms with Gasteiger partial charge in [-0.25, -0.2) is 4.98 Å². The van der Waals surface area contributed by atoms with Gasteiger partial charge in [-0.1, -0.05) is 24.3 Å². The highest BCUT2D eigenvalue weighted by atomic mass is 19.4. The zero-order valence-electron chi connectivity index (χ0n) is 22.3. The first-order chi connectivity index (χ1) is 19.4. The lowest BCUT2D eigenvalue weighted by atomic mass is 9.96. The zero-order chi connectivity index (χ0) is 27.7. The highest BCUT2D eigenvalue weighted by Crippen LogP contribution is 2.38. The Morgan fingerprint density at radius 1 is 1.00 bits per heavy atom. The van der Waals surface area contributed by atoms with E-state index in [9.17, 15) is 13.2 Å². The number of aromatic nitrogens is 3. The Labute approximate surface area is 230 Å². The number of aromatic amines is 1. The maximum atomic E-state index is 13.0. The van der Waals surface area contributed by atoms with Crippen LogP contribution in [0.1, 0.15) is 36.9 Å². The molecule has 4 aromatic rings. The molecule has 3 aromatic heterocycles. The fourth-order valence-electron chi connectivity index (χ4n) is 5.84. The average Bonchev–Trinajstić information content (AvgIpc) is 3.33. The molecule has 0 aliphatic carbocycles. The van der Waals surface area contributed by atoms with E-state index < -0.39 is 12.1 Å². The van der Waals surface area contributed by atoms with Crippen molar-refractivity contribution < 1.29 is 17.9 Å². The van der Waals surface area contributed by atoms with Crippen LogP contribution in [0.4, 0.5) is 13.2 Å². The van der Waals surface area contributed by atoms with Crippen molar-refractivity contribution in [1.29, 1.82) is 0 Å². The Morgan fingerprint density at radius 2 is 1.75 bits per heavy atom. The molecule has 2 saturated heterocycles. The van der Waals surface area contributed by atoms with Gasteiger partial charge in [-0.15, -0.1) is 0 Å². The number of piperidine rings is 2. The van der Waals surface area contributed by atoms with E-state index >= 15 is 0 Å². The third kappa shape index (κ3) is 5.55. The number of nitrogens with zero attached hydrogens (tertiary/aromatic N) is 4. The van der Waals surface area contributed by atoms with Crippen LogP contribution in [0, 0.1) is 5.92 Å². The van der Waals surface area contributed by atoms with Gasteiger partial charge in [0, 0.05) is 23.7 Å². The van der Waals surface area contributed by atoms with Gasteiger partial charge in [0.15, 0.2) is 5.75 Å². The van der Waals surface area contributed by atoms with Crippen molar-refractivity contribution in [3.63, 3.8) is 0 Å². The van der Waals surface area contributed by atoms with Crippen LogP contribution in [0.3, 0.4) is 0 Å².